The summed E-state index contributed by atoms with van der Waals surface area (Å²) in [6.07, 6.45) is 6.56. The van der Waals surface area contributed by atoms with Crippen molar-refractivity contribution in [2.45, 2.75) is 38.0 Å². The van der Waals surface area contributed by atoms with Gasteiger partial charge in [-0.2, -0.15) is 0 Å². The van der Waals surface area contributed by atoms with E-state index < -0.39 is 0 Å². The summed E-state index contributed by atoms with van der Waals surface area (Å²) < 4.78 is 6.22. The van der Waals surface area contributed by atoms with Crippen LogP contribution in [0.3, 0.4) is 0 Å². The van der Waals surface area contributed by atoms with E-state index in [2.05, 4.69) is 150 Å². The topological polar surface area (TPSA) is 16.4 Å². The third kappa shape index (κ3) is 5.05. The highest BCUT2D eigenvalue weighted by atomic mass is 16.3. The van der Waals surface area contributed by atoms with E-state index in [0.29, 0.717) is 5.92 Å². The Labute approximate surface area is 281 Å². The van der Waals surface area contributed by atoms with Gasteiger partial charge >= 0.3 is 0 Å². The Hall–Kier alpha value is -5.60. The third-order valence-corrected chi connectivity index (χ3v) is 10.3. The first kappa shape index (κ1) is 28.6. The van der Waals surface area contributed by atoms with E-state index in [1.807, 2.05) is 12.1 Å². The van der Waals surface area contributed by atoms with Gasteiger partial charge in [-0.15, -0.1) is 0 Å². The lowest BCUT2D eigenvalue weighted by Gasteiger charge is -2.29. The zero-order valence-electron chi connectivity index (χ0n) is 27.0. The number of rotatable bonds is 6. The van der Waals surface area contributed by atoms with Crippen molar-refractivity contribution in [3.05, 3.63) is 163 Å². The van der Waals surface area contributed by atoms with E-state index in [1.54, 1.807) is 0 Å². The first-order chi connectivity index (χ1) is 23.8. The van der Waals surface area contributed by atoms with Crippen molar-refractivity contribution in [3.63, 3.8) is 0 Å². The van der Waals surface area contributed by atoms with Crippen LogP contribution in [0.4, 0.5) is 17.1 Å². The Balaban J connectivity index is 1.16. The van der Waals surface area contributed by atoms with E-state index >= 15 is 0 Å². The molecule has 0 amide bonds. The van der Waals surface area contributed by atoms with E-state index in [1.165, 1.54) is 65.3 Å². The van der Waals surface area contributed by atoms with Crippen molar-refractivity contribution in [3.8, 4) is 22.3 Å². The van der Waals surface area contributed by atoms with Gasteiger partial charge in [0.25, 0.3) is 0 Å². The van der Waals surface area contributed by atoms with Crippen LogP contribution in [0.15, 0.2) is 162 Å². The van der Waals surface area contributed by atoms with Crippen LogP contribution in [0, 0.1) is 0 Å². The molecule has 0 unspecified atom stereocenters. The minimum atomic E-state index is 0.618. The standard InChI is InChI=1S/C46H37NO/c1-3-13-33(14-4-1)38-21-11-15-34-16-12-22-42(46(34)38)39-19-7-9-23-43(39)47(36-17-5-2-6-18-36)37-28-25-32(26-29-37)35-27-30-41-40-20-8-10-24-44(40)48-45(41)31-35/h2,5-12,15-31,33H,1,3-4,13-14H2. The molecule has 1 fully saturated rings. The van der Waals surface area contributed by atoms with Gasteiger partial charge < -0.3 is 9.32 Å². The normalized spacial score (nSPS) is 13.8. The van der Waals surface area contributed by atoms with Crippen LogP contribution in [0.2, 0.25) is 0 Å². The molecule has 8 aromatic rings. The highest BCUT2D eigenvalue weighted by Gasteiger charge is 2.22. The van der Waals surface area contributed by atoms with Crippen molar-refractivity contribution in [1.29, 1.82) is 0 Å². The van der Waals surface area contributed by atoms with Gasteiger partial charge in [-0.3, -0.25) is 0 Å². The molecule has 2 nitrogen and oxygen atoms in total. The van der Waals surface area contributed by atoms with E-state index in [0.717, 1.165) is 44.4 Å². The van der Waals surface area contributed by atoms with Crippen LogP contribution in [-0.4, -0.2) is 0 Å². The smallest absolute Gasteiger partial charge is 0.136 e. The Morgan fingerprint density at radius 3 is 2.00 bits per heavy atom. The SMILES string of the molecule is c1ccc(N(c2ccc(-c3ccc4c(c3)oc3ccccc34)cc2)c2ccccc2-c2cccc3cccc(C4CCCCC4)c23)cc1. The molecule has 1 aliphatic carbocycles. The molecule has 0 aliphatic heterocycles. The zero-order chi connectivity index (χ0) is 31.9. The Bertz CT molecular complexity index is 2370. The monoisotopic (exact) mass is 619 g/mol. The van der Waals surface area contributed by atoms with Crippen LogP contribution in [0.25, 0.3) is 55.0 Å². The molecule has 7 aromatic carbocycles. The van der Waals surface area contributed by atoms with Crippen molar-refractivity contribution >= 4 is 49.8 Å². The van der Waals surface area contributed by atoms with Gasteiger partial charge in [0.2, 0.25) is 0 Å². The number of nitrogens with zero attached hydrogens (tertiary/aromatic N) is 1. The number of fused-ring (bicyclic) bond motifs is 4. The van der Waals surface area contributed by atoms with Gasteiger partial charge in [-0.1, -0.05) is 128 Å². The minimum absolute atomic E-state index is 0.618. The minimum Gasteiger partial charge on any atom is -0.456 e. The van der Waals surface area contributed by atoms with E-state index in [9.17, 15) is 0 Å². The Kier molecular flexibility index (Phi) is 7.28. The fourth-order valence-corrected chi connectivity index (χ4v) is 7.96. The largest absolute Gasteiger partial charge is 0.456 e. The fraction of sp³-hybridized carbons (Fsp3) is 0.130. The quantitative estimate of drug-likeness (QED) is 0.184. The maximum absolute atomic E-state index is 6.22. The van der Waals surface area contributed by atoms with Gasteiger partial charge in [-0.25, -0.2) is 0 Å². The summed E-state index contributed by atoms with van der Waals surface area (Å²) in [5.74, 6) is 0.618. The molecule has 1 aliphatic rings. The summed E-state index contributed by atoms with van der Waals surface area (Å²) >= 11 is 0. The molecule has 0 bridgehead atoms. The fourth-order valence-electron chi connectivity index (χ4n) is 7.96. The molecule has 2 heteroatoms. The number of benzene rings is 7. The lowest BCUT2D eigenvalue weighted by atomic mass is 9.80. The molecule has 1 aromatic heterocycles. The highest BCUT2D eigenvalue weighted by Crippen LogP contribution is 2.46. The van der Waals surface area contributed by atoms with Gasteiger partial charge in [0.1, 0.15) is 11.2 Å². The number of hydrogen-bond donors (Lipinski definition) is 0. The summed E-state index contributed by atoms with van der Waals surface area (Å²) in [6, 6.07) is 57.2. The second-order valence-corrected chi connectivity index (χ2v) is 13.1. The van der Waals surface area contributed by atoms with Crippen LogP contribution >= 0.6 is 0 Å². The van der Waals surface area contributed by atoms with Crippen molar-refractivity contribution in [2.24, 2.45) is 0 Å². The number of para-hydroxylation sites is 3. The zero-order valence-corrected chi connectivity index (χ0v) is 27.0. The molecule has 0 spiro atoms. The predicted molar refractivity (Wildman–Crippen MR) is 203 cm³/mol. The van der Waals surface area contributed by atoms with Gasteiger partial charge in [0.15, 0.2) is 0 Å². The first-order valence-electron chi connectivity index (χ1n) is 17.3. The molecule has 0 radical (unpaired) electrons. The van der Waals surface area contributed by atoms with Crippen LogP contribution in [-0.2, 0) is 0 Å². The second kappa shape index (κ2) is 12.2. The average molecular weight is 620 g/mol. The lowest BCUT2D eigenvalue weighted by Crippen LogP contribution is -2.11. The van der Waals surface area contributed by atoms with Gasteiger partial charge in [0.05, 0.1) is 5.69 Å². The van der Waals surface area contributed by atoms with Crippen LogP contribution < -0.4 is 4.90 Å². The molecule has 0 saturated heterocycles. The summed E-state index contributed by atoms with van der Waals surface area (Å²) in [5, 5.41) is 5.03. The number of hydrogen-bond acceptors (Lipinski definition) is 2. The molecule has 0 N–H and O–H groups in total. The number of anilines is 3. The Morgan fingerprint density at radius 2 is 1.15 bits per heavy atom. The average Bonchev–Trinajstić information content (AvgIpc) is 3.54. The van der Waals surface area contributed by atoms with Crippen molar-refractivity contribution in [2.75, 3.05) is 4.90 Å². The third-order valence-electron chi connectivity index (χ3n) is 10.3. The maximum atomic E-state index is 6.22. The van der Waals surface area contributed by atoms with Crippen molar-refractivity contribution < 1.29 is 4.42 Å². The molecule has 1 heterocycles. The molecular weight excluding hydrogens is 583 g/mol. The number of furan rings is 1. The summed E-state index contributed by atoms with van der Waals surface area (Å²) in [6.45, 7) is 0. The van der Waals surface area contributed by atoms with Crippen LogP contribution in [0.1, 0.15) is 43.6 Å². The second-order valence-electron chi connectivity index (χ2n) is 13.1. The molecular formula is C46H37NO. The summed E-state index contributed by atoms with van der Waals surface area (Å²) in [4.78, 5) is 2.41. The lowest BCUT2D eigenvalue weighted by molar-refractivity contribution is 0.445. The first-order valence-corrected chi connectivity index (χ1v) is 17.3. The molecule has 9 rings (SSSR count). The molecule has 1 saturated carbocycles. The van der Waals surface area contributed by atoms with Gasteiger partial charge in [0, 0.05) is 27.7 Å². The highest BCUT2D eigenvalue weighted by molar-refractivity contribution is 6.06. The molecule has 0 atom stereocenters. The van der Waals surface area contributed by atoms with E-state index in [-0.39, 0.29) is 0 Å². The molecule has 48 heavy (non-hydrogen) atoms. The predicted octanol–water partition coefficient (Wildman–Crippen LogP) is 13.6. The Morgan fingerprint density at radius 1 is 0.479 bits per heavy atom. The van der Waals surface area contributed by atoms with Crippen LogP contribution in [0.5, 0.6) is 0 Å². The van der Waals surface area contributed by atoms with Crippen molar-refractivity contribution in [1.82, 2.24) is 0 Å². The maximum Gasteiger partial charge on any atom is 0.136 e. The summed E-state index contributed by atoms with van der Waals surface area (Å²) in [5.41, 5.74) is 11.6. The van der Waals surface area contributed by atoms with E-state index in [4.69, 9.17) is 4.42 Å². The molecule has 232 valence electrons. The summed E-state index contributed by atoms with van der Waals surface area (Å²) in [7, 11) is 0. The van der Waals surface area contributed by atoms with Gasteiger partial charge in [-0.05, 0) is 100 Å².